The lowest BCUT2D eigenvalue weighted by Gasteiger charge is -2.28. The predicted octanol–water partition coefficient (Wildman–Crippen LogP) is 3.04. The van der Waals surface area contributed by atoms with E-state index in [0.717, 1.165) is 30.3 Å². The molecule has 2 aromatic rings. The first-order chi connectivity index (χ1) is 10.6. The molecule has 1 fully saturated rings. The van der Waals surface area contributed by atoms with Crippen LogP contribution in [0.15, 0.2) is 24.3 Å². The van der Waals surface area contributed by atoms with E-state index < -0.39 is 0 Å². The molecule has 0 atom stereocenters. The van der Waals surface area contributed by atoms with Crippen LogP contribution in [0.2, 0.25) is 0 Å². The van der Waals surface area contributed by atoms with Crippen LogP contribution in [-0.4, -0.2) is 40.0 Å². The molecule has 0 bridgehead atoms. The van der Waals surface area contributed by atoms with Crippen LogP contribution in [-0.2, 0) is 0 Å². The summed E-state index contributed by atoms with van der Waals surface area (Å²) < 4.78 is 0. The summed E-state index contributed by atoms with van der Waals surface area (Å²) >= 11 is 0. The fraction of sp³-hybridized carbons (Fsp3) is 0.471. The van der Waals surface area contributed by atoms with E-state index in [0.29, 0.717) is 11.9 Å². The molecular weight excluding hydrogens is 274 g/mol. The highest BCUT2D eigenvalue weighted by molar-refractivity contribution is 5.48. The number of nitrogens with zero attached hydrogens (tertiary/aromatic N) is 4. The van der Waals surface area contributed by atoms with E-state index in [4.69, 9.17) is 4.98 Å². The fourth-order valence-electron chi connectivity index (χ4n) is 2.95. The number of likely N-dealkylation sites (tertiary alicyclic amines) is 1. The molecule has 0 radical (unpaired) electrons. The molecule has 1 saturated heterocycles. The van der Waals surface area contributed by atoms with E-state index in [9.17, 15) is 0 Å². The van der Waals surface area contributed by atoms with Gasteiger partial charge in [-0.05, 0) is 65.0 Å². The summed E-state index contributed by atoms with van der Waals surface area (Å²) in [4.78, 5) is 16.0. The van der Waals surface area contributed by atoms with Crippen molar-refractivity contribution in [3.63, 3.8) is 0 Å². The number of hydrogen-bond donors (Lipinski definition) is 1. The first kappa shape index (κ1) is 14.9. The molecule has 0 saturated carbocycles. The van der Waals surface area contributed by atoms with E-state index in [1.807, 2.05) is 26.0 Å². The maximum absolute atomic E-state index is 4.77. The minimum Gasteiger partial charge on any atom is -0.309 e. The van der Waals surface area contributed by atoms with Crippen molar-refractivity contribution in [2.75, 3.05) is 25.5 Å². The molecule has 3 rings (SSSR count). The average Bonchev–Trinajstić information content (AvgIpc) is 2.47. The van der Waals surface area contributed by atoms with Crippen LogP contribution in [0.4, 0.5) is 11.8 Å². The second-order valence-electron chi connectivity index (χ2n) is 6.12. The Hall–Kier alpha value is -2.01. The zero-order chi connectivity index (χ0) is 15.5. The zero-order valence-electron chi connectivity index (χ0n) is 13.5. The standard InChI is InChI=1S/C17H23N5/c1-12-11-13(2)19-17(18-12)21-16-6-4-5-15(20-16)14-7-9-22(3)10-8-14/h4-6,11,14H,7-10H2,1-3H3,(H,18,19,20,21). The second-order valence-corrected chi connectivity index (χ2v) is 6.12. The van der Waals surface area contributed by atoms with Crippen molar-refractivity contribution in [2.45, 2.75) is 32.6 Å². The van der Waals surface area contributed by atoms with Crippen molar-refractivity contribution in [1.82, 2.24) is 19.9 Å². The summed E-state index contributed by atoms with van der Waals surface area (Å²) in [6, 6.07) is 8.13. The molecule has 5 nitrogen and oxygen atoms in total. The van der Waals surface area contributed by atoms with Crippen LogP contribution in [0.5, 0.6) is 0 Å². The Kier molecular flexibility index (Phi) is 4.34. The summed E-state index contributed by atoms with van der Waals surface area (Å²) in [6.45, 7) is 6.23. The Labute approximate surface area is 131 Å². The Balaban J connectivity index is 1.76. The van der Waals surface area contributed by atoms with Gasteiger partial charge >= 0.3 is 0 Å². The number of pyridine rings is 1. The summed E-state index contributed by atoms with van der Waals surface area (Å²) in [5.74, 6) is 1.99. The van der Waals surface area contributed by atoms with E-state index in [2.05, 4.69) is 39.4 Å². The van der Waals surface area contributed by atoms with Crippen LogP contribution >= 0.6 is 0 Å². The number of anilines is 2. The Bertz CT molecular complexity index is 627. The van der Waals surface area contributed by atoms with Gasteiger partial charge in [0.25, 0.3) is 0 Å². The van der Waals surface area contributed by atoms with E-state index >= 15 is 0 Å². The first-order valence-corrected chi connectivity index (χ1v) is 7.85. The maximum atomic E-state index is 4.77. The molecule has 0 spiro atoms. The van der Waals surface area contributed by atoms with Crippen LogP contribution < -0.4 is 5.32 Å². The van der Waals surface area contributed by atoms with Gasteiger partial charge in [-0.1, -0.05) is 6.07 Å². The van der Waals surface area contributed by atoms with Crippen LogP contribution in [0.3, 0.4) is 0 Å². The smallest absolute Gasteiger partial charge is 0.228 e. The molecule has 0 unspecified atom stereocenters. The third-order valence-electron chi connectivity index (χ3n) is 4.13. The van der Waals surface area contributed by atoms with E-state index in [1.54, 1.807) is 0 Å². The van der Waals surface area contributed by atoms with Gasteiger partial charge < -0.3 is 10.2 Å². The quantitative estimate of drug-likeness (QED) is 0.943. The van der Waals surface area contributed by atoms with E-state index in [1.165, 1.54) is 18.5 Å². The Morgan fingerprint density at radius 1 is 1.05 bits per heavy atom. The van der Waals surface area contributed by atoms with Crippen molar-refractivity contribution < 1.29 is 0 Å². The van der Waals surface area contributed by atoms with E-state index in [-0.39, 0.29) is 0 Å². The SMILES string of the molecule is Cc1cc(C)nc(Nc2cccc(C3CCN(C)CC3)n2)n1. The number of rotatable bonds is 3. The van der Waals surface area contributed by atoms with Crippen LogP contribution in [0.25, 0.3) is 0 Å². The lowest BCUT2D eigenvalue weighted by molar-refractivity contribution is 0.253. The molecule has 116 valence electrons. The third-order valence-corrected chi connectivity index (χ3v) is 4.13. The highest BCUT2D eigenvalue weighted by Gasteiger charge is 2.19. The van der Waals surface area contributed by atoms with Gasteiger partial charge in [0.2, 0.25) is 5.95 Å². The van der Waals surface area contributed by atoms with Crippen molar-refractivity contribution in [3.05, 3.63) is 41.3 Å². The molecular formula is C17H23N5. The molecule has 22 heavy (non-hydrogen) atoms. The van der Waals surface area contributed by atoms with Gasteiger partial charge in [0.05, 0.1) is 0 Å². The lowest BCUT2D eigenvalue weighted by atomic mass is 9.93. The van der Waals surface area contributed by atoms with Gasteiger partial charge in [0, 0.05) is 23.0 Å². The summed E-state index contributed by atoms with van der Waals surface area (Å²) in [5.41, 5.74) is 3.09. The number of aromatic nitrogens is 3. The number of hydrogen-bond acceptors (Lipinski definition) is 5. The normalized spacial score (nSPS) is 16.7. The van der Waals surface area contributed by atoms with Crippen molar-refractivity contribution in [1.29, 1.82) is 0 Å². The van der Waals surface area contributed by atoms with Crippen molar-refractivity contribution in [3.8, 4) is 0 Å². The van der Waals surface area contributed by atoms with Gasteiger partial charge in [0.1, 0.15) is 5.82 Å². The highest BCUT2D eigenvalue weighted by atomic mass is 15.1. The van der Waals surface area contributed by atoms with Gasteiger partial charge in [0.15, 0.2) is 0 Å². The Morgan fingerprint density at radius 3 is 2.41 bits per heavy atom. The molecule has 1 aliphatic heterocycles. The maximum Gasteiger partial charge on any atom is 0.228 e. The predicted molar refractivity (Wildman–Crippen MR) is 88.5 cm³/mol. The minimum atomic E-state index is 0.554. The highest BCUT2D eigenvalue weighted by Crippen LogP contribution is 2.27. The molecule has 3 heterocycles. The zero-order valence-corrected chi connectivity index (χ0v) is 13.5. The molecule has 2 aromatic heterocycles. The first-order valence-electron chi connectivity index (χ1n) is 7.85. The summed E-state index contributed by atoms with van der Waals surface area (Å²) in [7, 11) is 2.18. The van der Waals surface area contributed by atoms with Gasteiger partial charge in [-0.3, -0.25) is 0 Å². The van der Waals surface area contributed by atoms with Gasteiger partial charge in [-0.15, -0.1) is 0 Å². The molecule has 1 aliphatic rings. The molecule has 0 aromatic carbocycles. The summed E-state index contributed by atoms with van der Waals surface area (Å²) in [5, 5.41) is 3.23. The Morgan fingerprint density at radius 2 is 1.73 bits per heavy atom. The van der Waals surface area contributed by atoms with Gasteiger partial charge in [-0.25, -0.2) is 15.0 Å². The number of piperidine rings is 1. The van der Waals surface area contributed by atoms with Crippen LogP contribution in [0.1, 0.15) is 35.8 Å². The topological polar surface area (TPSA) is 53.9 Å². The van der Waals surface area contributed by atoms with Crippen molar-refractivity contribution in [2.24, 2.45) is 0 Å². The molecule has 5 heteroatoms. The summed E-state index contributed by atoms with van der Waals surface area (Å²) in [6.07, 6.45) is 2.35. The molecule has 1 N–H and O–H groups in total. The fourth-order valence-corrected chi connectivity index (χ4v) is 2.95. The minimum absolute atomic E-state index is 0.554. The monoisotopic (exact) mass is 297 g/mol. The lowest BCUT2D eigenvalue weighted by Crippen LogP contribution is -2.29. The second kappa shape index (κ2) is 6.40. The van der Waals surface area contributed by atoms with Crippen molar-refractivity contribution >= 4 is 11.8 Å². The van der Waals surface area contributed by atoms with Gasteiger partial charge in [-0.2, -0.15) is 0 Å². The largest absolute Gasteiger partial charge is 0.309 e. The number of aryl methyl sites for hydroxylation is 2. The molecule has 0 aliphatic carbocycles. The molecule has 0 amide bonds. The van der Waals surface area contributed by atoms with Crippen LogP contribution in [0, 0.1) is 13.8 Å². The average molecular weight is 297 g/mol. The number of nitrogens with one attached hydrogen (secondary N) is 1. The third kappa shape index (κ3) is 3.60.